The number of aliphatic hydroxyl groups excluding tert-OH is 1. The molecule has 2 aromatic rings. The maximum absolute atomic E-state index is 9.97. The Hall–Kier alpha value is -1.75. The van der Waals surface area contributed by atoms with E-state index in [9.17, 15) is 5.11 Å². The topological polar surface area (TPSA) is 84.8 Å². The molecule has 3 saturated heterocycles. The predicted octanol–water partition coefficient (Wildman–Crippen LogP) is 4.43. The molecule has 3 heterocycles. The third-order valence-electron chi connectivity index (χ3n) is 7.95. The number of methoxy groups -OCH3 is 2. The van der Waals surface area contributed by atoms with Crippen molar-refractivity contribution in [3.8, 4) is 5.75 Å². The number of aliphatic hydroxyl groups is 1. The van der Waals surface area contributed by atoms with Crippen molar-refractivity contribution in [1.29, 1.82) is 0 Å². The van der Waals surface area contributed by atoms with Crippen LogP contribution in [-0.2, 0) is 34.8 Å². The van der Waals surface area contributed by atoms with Gasteiger partial charge in [-0.3, -0.25) is 0 Å². The van der Waals surface area contributed by atoms with E-state index in [4.69, 9.17) is 44.8 Å². The van der Waals surface area contributed by atoms with Crippen LogP contribution in [0.5, 0.6) is 5.75 Å². The summed E-state index contributed by atoms with van der Waals surface area (Å²) in [6, 6.07) is 13.9. The van der Waals surface area contributed by atoms with Crippen molar-refractivity contribution in [3.63, 3.8) is 0 Å². The van der Waals surface area contributed by atoms with E-state index in [0.29, 0.717) is 24.5 Å². The Morgan fingerprint density at radius 1 is 1.03 bits per heavy atom. The molecule has 0 aliphatic carbocycles. The summed E-state index contributed by atoms with van der Waals surface area (Å²) in [5.41, 5.74) is 2.96. The zero-order chi connectivity index (χ0) is 26.9. The Labute approximate surface area is 229 Å². The fourth-order valence-corrected chi connectivity index (χ4v) is 5.59. The van der Waals surface area contributed by atoms with Crippen molar-refractivity contribution in [2.75, 3.05) is 34.0 Å². The molecule has 0 bridgehead atoms. The van der Waals surface area contributed by atoms with Gasteiger partial charge in [0.1, 0.15) is 24.1 Å². The van der Waals surface area contributed by atoms with Crippen molar-refractivity contribution in [3.05, 3.63) is 64.2 Å². The number of fused-ring (bicyclic) bond motifs is 1. The van der Waals surface area contributed by atoms with Crippen LogP contribution in [0.4, 0.5) is 0 Å². The van der Waals surface area contributed by atoms with Gasteiger partial charge in [-0.1, -0.05) is 35.9 Å². The van der Waals surface area contributed by atoms with Gasteiger partial charge >= 0.3 is 0 Å². The highest BCUT2D eigenvalue weighted by Gasteiger charge is 2.60. The molecule has 0 aromatic heterocycles. The van der Waals surface area contributed by atoms with Crippen LogP contribution in [0, 0.1) is 0 Å². The third kappa shape index (κ3) is 5.46. The van der Waals surface area contributed by atoms with Gasteiger partial charge in [-0.2, -0.15) is 0 Å². The maximum atomic E-state index is 9.97. The molecule has 0 spiro atoms. The zero-order valence-corrected chi connectivity index (χ0v) is 23.1. The zero-order valence-electron chi connectivity index (χ0n) is 22.4. The maximum Gasteiger partial charge on any atom is 0.220 e. The smallest absolute Gasteiger partial charge is 0.220 e. The summed E-state index contributed by atoms with van der Waals surface area (Å²) in [6.45, 7) is 4.84. The summed E-state index contributed by atoms with van der Waals surface area (Å²) < 4.78 is 42.1. The third-order valence-corrected chi connectivity index (χ3v) is 8.32. The molecule has 2 aromatic carbocycles. The molecule has 2 unspecified atom stereocenters. The highest BCUT2D eigenvalue weighted by molar-refractivity contribution is 6.31. The molecule has 9 heteroatoms. The first kappa shape index (κ1) is 27.8. The van der Waals surface area contributed by atoms with Crippen LogP contribution >= 0.6 is 11.6 Å². The van der Waals surface area contributed by atoms with Gasteiger partial charge in [0.2, 0.25) is 11.6 Å². The number of hydrogen-bond donors (Lipinski definition) is 1. The van der Waals surface area contributed by atoms with Crippen LogP contribution in [-0.4, -0.2) is 75.1 Å². The van der Waals surface area contributed by atoms with Crippen LogP contribution in [0.25, 0.3) is 0 Å². The van der Waals surface area contributed by atoms with Crippen LogP contribution < -0.4 is 4.74 Å². The number of halogens is 1. The molecule has 5 rings (SSSR count). The van der Waals surface area contributed by atoms with E-state index in [2.05, 4.69) is 12.1 Å². The van der Waals surface area contributed by atoms with Crippen molar-refractivity contribution in [1.82, 2.24) is 0 Å². The summed E-state index contributed by atoms with van der Waals surface area (Å²) in [4.78, 5) is 0. The van der Waals surface area contributed by atoms with Crippen molar-refractivity contribution >= 4 is 11.6 Å². The molecule has 7 atom stereocenters. The second-order valence-electron chi connectivity index (χ2n) is 10.4. The minimum atomic E-state index is -1.17. The summed E-state index contributed by atoms with van der Waals surface area (Å²) >= 11 is 6.64. The fourth-order valence-electron chi connectivity index (χ4n) is 5.41. The van der Waals surface area contributed by atoms with Crippen LogP contribution in [0.2, 0.25) is 5.02 Å². The van der Waals surface area contributed by atoms with E-state index in [1.54, 1.807) is 28.1 Å². The Morgan fingerprint density at radius 2 is 1.76 bits per heavy atom. The Bertz CT molecular complexity index is 1090. The van der Waals surface area contributed by atoms with E-state index < -0.39 is 29.9 Å². The first-order valence-corrected chi connectivity index (χ1v) is 13.5. The van der Waals surface area contributed by atoms with E-state index in [1.807, 2.05) is 30.3 Å². The number of rotatable bonds is 8. The summed E-state index contributed by atoms with van der Waals surface area (Å²) in [5, 5.41) is 10.6. The minimum Gasteiger partial charge on any atom is -0.488 e. The second kappa shape index (κ2) is 11.4. The van der Waals surface area contributed by atoms with E-state index in [-0.39, 0.29) is 18.8 Å². The lowest BCUT2D eigenvalue weighted by Gasteiger charge is -2.55. The van der Waals surface area contributed by atoms with Crippen LogP contribution in [0.1, 0.15) is 49.5 Å². The minimum absolute atomic E-state index is 0.113. The molecule has 3 aliphatic heterocycles. The molecule has 0 saturated carbocycles. The lowest BCUT2D eigenvalue weighted by Crippen LogP contribution is -2.67. The number of benzene rings is 2. The van der Waals surface area contributed by atoms with Crippen molar-refractivity contribution < 1.29 is 38.3 Å². The highest BCUT2D eigenvalue weighted by atomic mass is 35.5. The highest BCUT2D eigenvalue weighted by Crippen LogP contribution is 2.47. The van der Waals surface area contributed by atoms with Gasteiger partial charge in [0, 0.05) is 32.1 Å². The molecular formula is C29H37ClO8. The fraction of sp³-hybridized carbons (Fsp3) is 0.586. The average Bonchev–Trinajstić information content (AvgIpc) is 3.44. The summed E-state index contributed by atoms with van der Waals surface area (Å²) in [5.74, 6) is -1.46. The summed E-state index contributed by atoms with van der Waals surface area (Å²) in [6.07, 6.45) is 0.387. The predicted molar refractivity (Wildman–Crippen MR) is 140 cm³/mol. The first-order valence-electron chi connectivity index (χ1n) is 13.1. The largest absolute Gasteiger partial charge is 0.488 e. The molecular weight excluding hydrogens is 512 g/mol. The Morgan fingerprint density at radius 3 is 2.42 bits per heavy atom. The van der Waals surface area contributed by atoms with Crippen molar-refractivity contribution in [2.45, 2.75) is 75.2 Å². The SMILES string of the molecule is COC1(C)O[C@@H]2[C@H](C[C@@H](CO)O[C@H]2c2ccc(Cl)c(Cc3ccc(O[C@H]4CCOC4)cc3)c2)OC1(C)OC. The molecule has 1 N–H and O–H groups in total. The van der Waals surface area contributed by atoms with Crippen LogP contribution in [0.15, 0.2) is 42.5 Å². The van der Waals surface area contributed by atoms with Crippen molar-refractivity contribution in [2.24, 2.45) is 0 Å². The molecule has 3 aliphatic rings. The lowest BCUT2D eigenvalue weighted by atomic mass is 9.89. The van der Waals surface area contributed by atoms with E-state index in [1.165, 1.54) is 0 Å². The van der Waals surface area contributed by atoms with Gasteiger partial charge in [0.05, 0.1) is 32.0 Å². The van der Waals surface area contributed by atoms with Crippen LogP contribution in [0.3, 0.4) is 0 Å². The van der Waals surface area contributed by atoms with E-state index >= 15 is 0 Å². The average molecular weight is 549 g/mol. The number of hydrogen-bond acceptors (Lipinski definition) is 8. The standard InChI is InChI=1S/C29H37ClO8/c1-28(32-3)29(2,33-4)38-27-25(37-28)15-23(16-31)36-26(27)19-7-10-24(30)20(14-19)13-18-5-8-21(9-6-18)35-22-11-12-34-17-22/h5-10,14,22-23,25-27,31H,11-13,15-17H2,1-4H3/t22-,23-,25-,26-,27+,28?,29?/m0/s1. The molecule has 38 heavy (non-hydrogen) atoms. The van der Waals surface area contributed by atoms with Gasteiger partial charge in [-0.25, -0.2) is 0 Å². The normalized spacial score (nSPS) is 35.2. The molecule has 8 nitrogen and oxygen atoms in total. The summed E-state index contributed by atoms with van der Waals surface area (Å²) in [7, 11) is 3.13. The molecule has 3 fully saturated rings. The Balaban J connectivity index is 1.37. The quantitative estimate of drug-likeness (QED) is 0.519. The monoisotopic (exact) mass is 548 g/mol. The Kier molecular flexibility index (Phi) is 8.33. The van der Waals surface area contributed by atoms with Gasteiger partial charge in [0.25, 0.3) is 0 Å². The second-order valence-corrected chi connectivity index (χ2v) is 10.8. The van der Waals surface area contributed by atoms with Gasteiger partial charge in [-0.15, -0.1) is 0 Å². The first-order chi connectivity index (χ1) is 18.3. The van der Waals surface area contributed by atoms with E-state index in [0.717, 1.165) is 35.5 Å². The van der Waals surface area contributed by atoms with Gasteiger partial charge < -0.3 is 38.3 Å². The van der Waals surface area contributed by atoms with Gasteiger partial charge in [-0.05, 0) is 55.2 Å². The number of ether oxygens (including phenoxy) is 7. The van der Waals surface area contributed by atoms with Gasteiger partial charge in [0.15, 0.2) is 0 Å². The molecule has 0 amide bonds. The molecule has 208 valence electrons. The molecule has 0 radical (unpaired) electrons. The lowest BCUT2D eigenvalue weighted by molar-refractivity contribution is -0.464.